The highest BCUT2D eigenvalue weighted by Gasteiger charge is 2.14. The van der Waals surface area contributed by atoms with Gasteiger partial charge in [0.15, 0.2) is 0 Å². The molecule has 7 heteroatoms. The molecule has 0 saturated heterocycles. The lowest BCUT2D eigenvalue weighted by Crippen LogP contribution is -2.28. The molecular formula is C16H23N5OS. The molecule has 0 radical (unpaired) electrons. The van der Waals surface area contributed by atoms with Crippen molar-refractivity contribution in [2.75, 3.05) is 12.8 Å². The third-order valence-corrected chi connectivity index (χ3v) is 4.47. The Kier molecular flexibility index (Phi) is 6.15. The first-order chi connectivity index (χ1) is 11.0. The molecule has 1 aromatic heterocycles. The maximum atomic E-state index is 12.3. The van der Waals surface area contributed by atoms with E-state index < -0.39 is 0 Å². The van der Waals surface area contributed by atoms with Crippen LogP contribution in [0.4, 0.5) is 0 Å². The van der Waals surface area contributed by atoms with Crippen molar-refractivity contribution in [3.05, 3.63) is 35.4 Å². The van der Waals surface area contributed by atoms with Crippen LogP contribution >= 0.6 is 11.8 Å². The molecule has 2 aromatic rings. The molecule has 1 aromatic carbocycles. The molecule has 0 spiro atoms. The lowest BCUT2D eigenvalue weighted by molar-refractivity contribution is -0.127. The summed E-state index contributed by atoms with van der Waals surface area (Å²) in [6.45, 7) is 6.76. The topological polar surface area (TPSA) is 63.9 Å². The summed E-state index contributed by atoms with van der Waals surface area (Å²) in [7, 11) is 1.82. The van der Waals surface area contributed by atoms with Crippen molar-refractivity contribution in [1.82, 2.24) is 25.1 Å². The van der Waals surface area contributed by atoms with Gasteiger partial charge in [0.25, 0.3) is 0 Å². The van der Waals surface area contributed by atoms with Crippen LogP contribution in [0, 0.1) is 0 Å². The molecule has 0 N–H and O–H groups in total. The van der Waals surface area contributed by atoms with Crippen LogP contribution in [0.25, 0.3) is 0 Å². The number of amides is 1. The zero-order valence-electron chi connectivity index (χ0n) is 14.1. The molecule has 0 fully saturated rings. The first kappa shape index (κ1) is 17.5. The van der Waals surface area contributed by atoms with Crippen LogP contribution in [0.1, 0.15) is 37.9 Å². The Hall–Kier alpha value is -1.89. The van der Waals surface area contributed by atoms with E-state index >= 15 is 0 Å². The predicted octanol–water partition coefficient (Wildman–Crippen LogP) is 2.57. The summed E-state index contributed by atoms with van der Waals surface area (Å²) in [4.78, 5) is 14.0. The van der Waals surface area contributed by atoms with Crippen LogP contribution in [-0.4, -0.2) is 43.8 Å². The van der Waals surface area contributed by atoms with Gasteiger partial charge in [0.05, 0.1) is 11.8 Å². The van der Waals surface area contributed by atoms with Crippen molar-refractivity contribution >= 4 is 17.7 Å². The first-order valence-electron chi connectivity index (χ1n) is 7.73. The Balaban J connectivity index is 1.88. The highest BCUT2D eigenvalue weighted by molar-refractivity contribution is 7.99. The van der Waals surface area contributed by atoms with Gasteiger partial charge in [0.1, 0.15) is 0 Å². The van der Waals surface area contributed by atoms with Gasteiger partial charge in [0.2, 0.25) is 11.1 Å². The quantitative estimate of drug-likeness (QED) is 0.729. The van der Waals surface area contributed by atoms with Crippen molar-refractivity contribution in [1.29, 1.82) is 0 Å². The van der Waals surface area contributed by atoms with Crippen molar-refractivity contribution in [2.45, 2.75) is 44.9 Å². The van der Waals surface area contributed by atoms with Gasteiger partial charge in [-0.1, -0.05) is 43.0 Å². The normalized spacial score (nSPS) is 11.0. The van der Waals surface area contributed by atoms with E-state index in [0.717, 1.165) is 12.0 Å². The minimum atomic E-state index is 0.0628. The van der Waals surface area contributed by atoms with E-state index in [1.165, 1.54) is 17.3 Å². The van der Waals surface area contributed by atoms with Crippen molar-refractivity contribution in [3.8, 4) is 0 Å². The lowest BCUT2D eigenvalue weighted by atomic mass is 10.1. The molecule has 0 aliphatic carbocycles. The molecule has 0 aliphatic heterocycles. The van der Waals surface area contributed by atoms with Gasteiger partial charge in [-0.05, 0) is 41.8 Å². The van der Waals surface area contributed by atoms with E-state index in [9.17, 15) is 4.79 Å². The second kappa shape index (κ2) is 8.10. The molecule has 0 atom stereocenters. The maximum Gasteiger partial charge on any atom is 0.233 e. The Morgan fingerprint density at radius 3 is 2.52 bits per heavy atom. The van der Waals surface area contributed by atoms with Gasteiger partial charge in [-0.25, -0.2) is 4.68 Å². The van der Waals surface area contributed by atoms with E-state index in [2.05, 4.69) is 46.7 Å². The number of hydrogen-bond donors (Lipinski definition) is 0. The van der Waals surface area contributed by atoms with E-state index in [4.69, 9.17) is 0 Å². The summed E-state index contributed by atoms with van der Waals surface area (Å²) in [6.07, 6.45) is 1.02. The fraction of sp³-hybridized carbons (Fsp3) is 0.500. The monoisotopic (exact) mass is 333 g/mol. The highest BCUT2D eigenvalue weighted by atomic mass is 32.2. The molecule has 0 saturated carbocycles. The molecule has 1 heterocycles. The smallest absolute Gasteiger partial charge is 0.233 e. The van der Waals surface area contributed by atoms with Gasteiger partial charge in [-0.15, -0.1) is 5.10 Å². The Morgan fingerprint density at radius 1 is 1.26 bits per heavy atom. The van der Waals surface area contributed by atoms with E-state index in [1.807, 2.05) is 20.9 Å². The molecule has 6 nitrogen and oxygen atoms in total. The van der Waals surface area contributed by atoms with Gasteiger partial charge in [-0.2, -0.15) is 0 Å². The molecule has 0 aliphatic rings. The summed E-state index contributed by atoms with van der Waals surface area (Å²) in [5.41, 5.74) is 2.44. The molecule has 2 rings (SSSR count). The summed E-state index contributed by atoms with van der Waals surface area (Å²) in [6, 6.07) is 8.56. The molecule has 1 amide bonds. The van der Waals surface area contributed by atoms with Crippen LogP contribution in [0.5, 0.6) is 0 Å². The third kappa shape index (κ3) is 4.79. The highest BCUT2D eigenvalue weighted by Crippen LogP contribution is 2.18. The number of carbonyl (C=O) groups excluding carboxylic acids is 1. The fourth-order valence-corrected chi connectivity index (χ4v) is 3.03. The average molecular weight is 333 g/mol. The standard InChI is InChI=1S/C16H23N5OS/c1-5-13-6-8-14(9-7-13)10-20(4)15(22)11-23-16-17-18-19-21(16)12(2)3/h6-9,12H,5,10-11H2,1-4H3. The second-order valence-electron chi connectivity index (χ2n) is 5.71. The number of carbonyl (C=O) groups is 1. The number of aromatic nitrogens is 4. The molecule has 0 bridgehead atoms. The summed E-state index contributed by atoms with van der Waals surface area (Å²) >= 11 is 1.37. The molecule has 124 valence electrons. The zero-order chi connectivity index (χ0) is 16.8. The number of aryl methyl sites for hydroxylation is 1. The van der Waals surface area contributed by atoms with Gasteiger partial charge < -0.3 is 4.90 Å². The minimum Gasteiger partial charge on any atom is -0.341 e. The number of nitrogens with zero attached hydrogens (tertiary/aromatic N) is 5. The molecule has 23 heavy (non-hydrogen) atoms. The molecular weight excluding hydrogens is 310 g/mol. The number of tetrazole rings is 1. The summed E-state index contributed by atoms with van der Waals surface area (Å²) in [5, 5.41) is 12.2. The minimum absolute atomic E-state index is 0.0628. The Morgan fingerprint density at radius 2 is 1.91 bits per heavy atom. The molecule has 0 unspecified atom stereocenters. The first-order valence-corrected chi connectivity index (χ1v) is 8.72. The maximum absolute atomic E-state index is 12.3. The van der Waals surface area contributed by atoms with Crippen molar-refractivity contribution in [2.24, 2.45) is 0 Å². The van der Waals surface area contributed by atoms with E-state index in [-0.39, 0.29) is 11.9 Å². The fourth-order valence-electron chi connectivity index (χ4n) is 2.08. The van der Waals surface area contributed by atoms with Crippen LogP contribution in [0.3, 0.4) is 0 Å². The largest absolute Gasteiger partial charge is 0.341 e. The average Bonchev–Trinajstić information content (AvgIpc) is 3.02. The number of rotatable bonds is 7. The Labute approximate surface area is 141 Å². The van der Waals surface area contributed by atoms with Crippen molar-refractivity contribution < 1.29 is 4.79 Å². The third-order valence-electron chi connectivity index (χ3n) is 3.55. The van der Waals surface area contributed by atoms with E-state index in [0.29, 0.717) is 17.5 Å². The van der Waals surface area contributed by atoms with Gasteiger partial charge in [-0.3, -0.25) is 4.79 Å². The second-order valence-corrected chi connectivity index (χ2v) is 6.65. The zero-order valence-corrected chi connectivity index (χ0v) is 14.9. The van der Waals surface area contributed by atoms with Crippen molar-refractivity contribution in [3.63, 3.8) is 0 Å². The number of thioether (sulfide) groups is 1. The van der Waals surface area contributed by atoms with Crippen LogP contribution in [-0.2, 0) is 17.8 Å². The Bertz CT molecular complexity index is 638. The van der Waals surface area contributed by atoms with Gasteiger partial charge >= 0.3 is 0 Å². The van der Waals surface area contributed by atoms with Crippen LogP contribution in [0.2, 0.25) is 0 Å². The summed E-state index contributed by atoms with van der Waals surface area (Å²) < 4.78 is 1.72. The summed E-state index contributed by atoms with van der Waals surface area (Å²) in [5.74, 6) is 0.393. The van der Waals surface area contributed by atoms with E-state index in [1.54, 1.807) is 9.58 Å². The SMILES string of the molecule is CCc1ccc(CN(C)C(=O)CSc2nnnn2C(C)C)cc1. The van der Waals surface area contributed by atoms with Crippen LogP contribution < -0.4 is 0 Å². The number of benzene rings is 1. The van der Waals surface area contributed by atoms with Crippen LogP contribution in [0.15, 0.2) is 29.4 Å². The van der Waals surface area contributed by atoms with Gasteiger partial charge in [0, 0.05) is 13.6 Å². The lowest BCUT2D eigenvalue weighted by Gasteiger charge is -2.17. The predicted molar refractivity (Wildman–Crippen MR) is 91.2 cm³/mol. The number of hydrogen-bond acceptors (Lipinski definition) is 5.